The van der Waals surface area contributed by atoms with Crippen LogP contribution in [0.2, 0.25) is 5.02 Å². The minimum Gasteiger partial charge on any atom is -0.379 e. The Bertz CT molecular complexity index is 1850. The summed E-state index contributed by atoms with van der Waals surface area (Å²) in [5.74, 6) is -1.67. The molecule has 0 spiro atoms. The zero-order valence-electron chi connectivity index (χ0n) is 25.5. The SMILES string of the molecule is Cn1cc(NC(=O)c2cc(NC(=O)c3cc(NC(=O)c4c[nH]c(=O)c(Cl)c4)cn3C)cn2C)cc1C(=O)NCCN1CCOCC1. The van der Waals surface area contributed by atoms with Crippen molar-refractivity contribution in [2.45, 2.75) is 0 Å². The summed E-state index contributed by atoms with van der Waals surface area (Å²) in [5, 5.41) is 11.0. The number of nitrogens with one attached hydrogen (secondary N) is 5. The Labute approximate surface area is 268 Å². The van der Waals surface area contributed by atoms with Crippen LogP contribution in [0.3, 0.4) is 0 Å². The van der Waals surface area contributed by atoms with E-state index in [0.717, 1.165) is 19.6 Å². The van der Waals surface area contributed by atoms with E-state index in [2.05, 4.69) is 31.2 Å². The Morgan fingerprint density at radius 3 is 1.74 bits per heavy atom. The number of aromatic nitrogens is 4. The Morgan fingerprint density at radius 2 is 1.24 bits per heavy atom. The molecular formula is C30H34ClN9O6. The molecule has 0 atom stereocenters. The van der Waals surface area contributed by atoms with Crippen LogP contribution in [0.15, 0.2) is 53.8 Å². The highest BCUT2D eigenvalue weighted by atomic mass is 35.5. The summed E-state index contributed by atoms with van der Waals surface area (Å²) >= 11 is 5.81. The Kier molecular flexibility index (Phi) is 9.75. The predicted molar refractivity (Wildman–Crippen MR) is 172 cm³/mol. The second-order valence-corrected chi connectivity index (χ2v) is 11.2. The quantitative estimate of drug-likeness (QED) is 0.174. The van der Waals surface area contributed by atoms with E-state index in [4.69, 9.17) is 16.3 Å². The molecule has 16 heteroatoms. The van der Waals surface area contributed by atoms with Crippen molar-refractivity contribution >= 4 is 52.3 Å². The van der Waals surface area contributed by atoms with Gasteiger partial charge < -0.3 is 44.7 Å². The number of halogens is 1. The number of ether oxygens (including phenoxy) is 1. The predicted octanol–water partition coefficient (Wildman–Crippen LogP) is 1.86. The first-order valence-electron chi connectivity index (χ1n) is 14.4. The van der Waals surface area contributed by atoms with Crippen LogP contribution in [0.5, 0.6) is 0 Å². The summed E-state index contributed by atoms with van der Waals surface area (Å²) < 4.78 is 10.1. The van der Waals surface area contributed by atoms with Crippen LogP contribution in [0, 0.1) is 0 Å². The lowest BCUT2D eigenvalue weighted by Gasteiger charge is -2.26. The molecule has 0 unspecified atom stereocenters. The number of morpholine rings is 1. The van der Waals surface area contributed by atoms with E-state index in [1.165, 1.54) is 29.0 Å². The van der Waals surface area contributed by atoms with Crippen LogP contribution < -0.4 is 26.8 Å². The normalized spacial score (nSPS) is 13.3. The lowest BCUT2D eigenvalue weighted by Crippen LogP contribution is -2.41. The van der Waals surface area contributed by atoms with Gasteiger partial charge in [0.1, 0.15) is 22.1 Å². The molecule has 4 amide bonds. The molecule has 5 rings (SSSR count). The number of pyridine rings is 1. The summed E-state index contributed by atoms with van der Waals surface area (Å²) in [5.41, 5.74) is 1.71. The summed E-state index contributed by atoms with van der Waals surface area (Å²) in [6, 6.07) is 5.87. The Balaban J connectivity index is 1.17. The van der Waals surface area contributed by atoms with Crippen molar-refractivity contribution in [3.8, 4) is 0 Å². The van der Waals surface area contributed by atoms with Gasteiger partial charge in [0.05, 0.1) is 35.8 Å². The van der Waals surface area contributed by atoms with Gasteiger partial charge in [-0.1, -0.05) is 11.6 Å². The number of hydrogen-bond donors (Lipinski definition) is 5. The number of anilines is 3. The smallest absolute Gasteiger partial charge is 0.272 e. The number of carbonyl (C=O) groups is 4. The number of aryl methyl sites for hydroxylation is 3. The van der Waals surface area contributed by atoms with E-state index in [1.54, 1.807) is 54.9 Å². The molecule has 0 bridgehead atoms. The Hall–Kier alpha value is -5.12. The minimum atomic E-state index is -0.524. The van der Waals surface area contributed by atoms with Gasteiger partial charge in [-0.05, 0) is 24.3 Å². The van der Waals surface area contributed by atoms with Gasteiger partial charge in [-0.15, -0.1) is 0 Å². The van der Waals surface area contributed by atoms with Crippen LogP contribution in [-0.2, 0) is 25.9 Å². The lowest BCUT2D eigenvalue weighted by atomic mass is 10.2. The van der Waals surface area contributed by atoms with Crippen LogP contribution in [0.4, 0.5) is 17.1 Å². The molecule has 4 aromatic heterocycles. The topological polar surface area (TPSA) is 177 Å². The summed E-state index contributed by atoms with van der Waals surface area (Å²) in [6.07, 6.45) is 6.04. The van der Waals surface area contributed by atoms with Crippen LogP contribution in [0.25, 0.3) is 0 Å². The van der Waals surface area contributed by atoms with E-state index in [0.29, 0.717) is 42.5 Å². The molecule has 1 fully saturated rings. The number of nitrogens with zero attached hydrogens (tertiary/aromatic N) is 4. The monoisotopic (exact) mass is 651 g/mol. The van der Waals surface area contributed by atoms with E-state index >= 15 is 0 Å². The fourth-order valence-electron chi connectivity index (χ4n) is 5.00. The number of rotatable bonds is 10. The van der Waals surface area contributed by atoms with Crippen molar-refractivity contribution in [3.05, 3.63) is 87.1 Å². The van der Waals surface area contributed by atoms with Gasteiger partial charge in [0.2, 0.25) is 0 Å². The van der Waals surface area contributed by atoms with Gasteiger partial charge in [0.15, 0.2) is 0 Å². The van der Waals surface area contributed by atoms with Crippen LogP contribution >= 0.6 is 11.6 Å². The highest BCUT2D eigenvalue weighted by molar-refractivity contribution is 6.30. The lowest BCUT2D eigenvalue weighted by molar-refractivity contribution is 0.0383. The summed E-state index contributed by atoms with van der Waals surface area (Å²) in [6.45, 7) is 4.28. The van der Waals surface area contributed by atoms with Crippen molar-refractivity contribution < 1.29 is 23.9 Å². The van der Waals surface area contributed by atoms with Gasteiger partial charge in [0.25, 0.3) is 29.2 Å². The Morgan fingerprint density at radius 1 is 0.761 bits per heavy atom. The van der Waals surface area contributed by atoms with Crippen molar-refractivity contribution in [3.63, 3.8) is 0 Å². The molecule has 1 saturated heterocycles. The first-order chi connectivity index (χ1) is 22.0. The highest BCUT2D eigenvalue weighted by Gasteiger charge is 2.19. The van der Waals surface area contributed by atoms with Gasteiger partial charge in [-0.3, -0.25) is 28.9 Å². The molecule has 1 aliphatic rings. The van der Waals surface area contributed by atoms with Gasteiger partial charge in [-0.2, -0.15) is 0 Å². The number of hydrogen-bond acceptors (Lipinski definition) is 7. The maximum absolute atomic E-state index is 13.1. The molecule has 0 aliphatic carbocycles. The number of H-pyrrole nitrogens is 1. The molecule has 0 radical (unpaired) electrons. The average molecular weight is 652 g/mol. The first kappa shape index (κ1) is 32.3. The molecule has 5 heterocycles. The third-order valence-electron chi connectivity index (χ3n) is 7.42. The van der Waals surface area contributed by atoms with E-state index < -0.39 is 23.3 Å². The van der Waals surface area contributed by atoms with E-state index in [1.807, 2.05) is 0 Å². The molecule has 1 aliphatic heterocycles. The summed E-state index contributed by atoms with van der Waals surface area (Å²) in [4.78, 5) is 67.6. The number of aromatic amines is 1. The first-order valence-corrected chi connectivity index (χ1v) is 14.8. The summed E-state index contributed by atoms with van der Waals surface area (Å²) in [7, 11) is 5.04. The average Bonchev–Trinajstić information content (AvgIpc) is 3.70. The van der Waals surface area contributed by atoms with Gasteiger partial charge >= 0.3 is 0 Å². The second kappa shape index (κ2) is 13.9. The maximum Gasteiger partial charge on any atom is 0.272 e. The zero-order chi connectivity index (χ0) is 33.0. The van der Waals surface area contributed by atoms with E-state index in [9.17, 15) is 24.0 Å². The fourth-order valence-corrected chi connectivity index (χ4v) is 5.17. The molecule has 4 aromatic rings. The van der Waals surface area contributed by atoms with Crippen molar-refractivity contribution in [2.75, 3.05) is 55.3 Å². The molecule has 0 aromatic carbocycles. The second-order valence-electron chi connectivity index (χ2n) is 10.8. The van der Waals surface area contributed by atoms with Crippen LogP contribution in [0.1, 0.15) is 41.8 Å². The van der Waals surface area contributed by atoms with Crippen molar-refractivity contribution in [1.29, 1.82) is 0 Å². The van der Waals surface area contributed by atoms with Gasteiger partial charge in [-0.25, -0.2) is 0 Å². The van der Waals surface area contributed by atoms with Crippen molar-refractivity contribution in [2.24, 2.45) is 21.1 Å². The zero-order valence-corrected chi connectivity index (χ0v) is 26.2. The highest BCUT2D eigenvalue weighted by Crippen LogP contribution is 2.20. The number of carbonyl (C=O) groups excluding carboxylic acids is 4. The minimum absolute atomic E-state index is 0.122. The molecule has 242 valence electrons. The van der Waals surface area contributed by atoms with E-state index in [-0.39, 0.29) is 27.9 Å². The molecule has 0 saturated carbocycles. The number of amides is 4. The largest absolute Gasteiger partial charge is 0.379 e. The van der Waals surface area contributed by atoms with Gasteiger partial charge in [0, 0.05) is 72.1 Å². The standard InChI is InChI=1S/C30H34ClN9O6/c1-37-16-20(11-23(37)28(43)32-4-5-40-6-8-46-9-7-40)35-30(45)25-13-21(17-39(25)3)36-29(44)24-12-19(15-38(24)2)34-26(41)18-10-22(31)27(42)33-14-18/h10-17H,4-9H2,1-3H3,(H,32,43)(H,33,42)(H,34,41)(H,35,45)(H,36,44). The van der Waals surface area contributed by atoms with Crippen molar-refractivity contribution in [1.82, 2.24) is 28.9 Å². The third kappa shape index (κ3) is 7.56. The van der Waals surface area contributed by atoms with Crippen LogP contribution in [-0.4, -0.2) is 86.6 Å². The molecule has 5 N–H and O–H groups in total. The maximum atomic E-state index is 13.1. The molecule has 15 nitrogen and oxygen atoms in total. The third-order valence-corrected chi connectivity index (χ3v) is 7.70. The molecule has 46 heavy (non-hydrogen) atoms. The molecular weight excluding hydrogens is 618 g/mol. The fraction of sp³-hybridized carbons (Fsp3) is 0.300.